The van der Waals surface area contributed by atoms with Gasteiger partial charge in [0, 0.05) is 32.7 Å². The van der Waals surface area contributed by atoms with E-state index < -0.39 is 5.60 Å². The van der Waals surface area contributed by atoms with Crippen LogP contribution in [0.2, 0.25) is 0 Å². The van der Waals surface area contributed by atoms with Crippen LogP contribution in [0.15, 0.2) is 4.99 Å². The summed E-state index contributed by atoms with van der Waals surface area (Å²) in [6.07, 6.45) is 6.36. The lowest BCUT2D eigenvalue weighted by molar-refractivity contribution is 0.0130. The van der Waals surface area contributed by atoms with Crippen molar-refractivity contribution < 1.29 is 14.6 Å². The number of aliphatic hydroxyl groups is 1. The average Bonchev–Trinajstić information content (AvgIpc) is 3.05. The van der Waals surface area contributed by atoms with Crippen molar-refractivity contribution in [1.29, 1.82) is 0 Å². The van der Waals surface area contributed by atoms with Gasteiger partial charge in [-0.1, -0.05) is 19.3 Å². The Morgan fingerprint density at radius 3 is 2.72 bits per heavy atom. The minimum atomic E-state index is -0.596. The largest absolute Gasteiger partial charge is 0.388 e. The van der Waals surface area contributed by atoms with Crippen molar-refractivity contribution in [2.24, 2.45) is 10.9 Å². The van der Waals surface area contributed by atoms with E-state index in [9.17, 15) is 5.11 Å². The predicted octanol–water partition coefficient (Wildman–Crippen LogP) is 2.25. The van der Waals surface area contributed by atoms with Crippen molar-refractivity contribution in [2.75, 3.05) is 53.1 Å². The highest BCUT2D eigenvalue weighted by molar-refractivity contribution is 14.0. The Kier molecular flexibility index (Phi) is 11.3. The molecule has 0 aromatic rings. The maximum Gasteiger partial charge on any atom is 0.194 e. The standard InChI is InChI=1S/C18H35N3O3.HI/c1-3-19-17(20-15-18(22)8-5-4-6-9-18)21-10-7-16(13-21)14-24-12-11-23-2;/h16,22H,3-15H2,1-2H3,(H,19,20);1H. The third-order valence-corrected chi connectivity index (χ3v) is 5.01. The Morgan fingerprint density at radius 1 is 1.28 bits per heavy atom. The molecule has 0 amide bonds. The predicted molar refractivity (Wildman–Crippen MR) is 112 cm³/mol. The fraction of sp³-hybridized carbons (Fsp3) is 0.944. The van der Waals surface area contributed by atoms with Gasteiger partial charge in [-0.2, -0.15) is 0 Å². The number of aliphatic imine (C=N–C) groups is 1. The van der Waals surface area contributed by atoms with Crippen LogP contribution in [0, 0.1) is 5.92 Å². The molecule has 0 aromatic carbocycles. The van der Waals surface area contributed by atoms with Crippen LogP contribution in [-0.4, -0.2) is 74.7 Å². The second-order valence-electron chi connectivity index (χ2n) is 7.12. The summed E-state index contributed by atoms with van der Waals surface area (Å²) in [5, 5.41) is 14.0. The van der Waals surface area contributed by atoms with E-state index in [-0.39, 0.29) is 24.0 Å². The second-order valence-corrected chi connectivity index (χ2v) is 7.12. The molecule has 1 heterocycles. The summed E-state index contributed by atoms with van der Waals surface area (Å²) in [4.78, 5) is 7.06. The first kappa shape index (κ1) is 22.9. The van der Waals surface area contributed by atoms with Crippen molar-refractivity contribution >= 4 is 29.9 Å². The molecule has 1 aliphatic heterocycles. The molecule has 1 saturated carbocycles. The van der Waals surface area contributed by atoms with Crippen LogP contribution in [0.4, 0.5) is 0 Å². The molecule has 1 atom stereocenters. The highest BCUT2D eigenvalue weighted by atomic mass is 127. The number of ether oxygens (including phenoxy) is 2. The molecular formula is C18H36IN3O3. The zero-order valence-electron chi connectivity index (χ0n) is 15.8. The summed E-state index contributed by atoms with van der Waals surface area (Å²) in [7, 11) is 1.69. The Balaban J connectivity index is 0.00000312. The van der Waals surface area contributed by atoms with Gasteiger partial charge in [-0.15, -0.1) is 24.0 Å². The number of hydrogen-bond donors (Lipinski definition) is 2. The SMILES string of the molecule is CCNC(=NCC1(O)CCCCC1)N1CCC(COCCOC)C1.I. The number of halogens is 1. The van der Waals surface area contributed by atoms with Gasteiger partial charge in [-0.05, 0) is 26.2 Å². The van der Waals surface area contributed by atoms with Gasteiger partial charge in [0.2, 0.25) is 0 Å². The van der Waals surface area contributed by atoms with Gasteiger partial charge in [0.05, 0.1) is 32.0 Å². The van der Waals surface area contributed by atoms with Crippen LogP contribution < -0.4 is 5.32 Å². The highest BCUT2D eigenvalue weighted by Crippen LogP contribution is 2.28. The van der Waals surface area contributed by atoms with Crippen LogP contribution in [0.3, 0.4) is 0 Å². The maximum atomic E-state index is 10.7. The lowest BCUT2D eigenvalue weighted by Gasteiger charge is -2.31. The van der Waals surface area contributed by atoms with Crippen molar-refractivity contribution in [3.05, 3.63) is 0 Å². The van der Waals surface area contributed by atoms with Gasteiger partial charge in [0.15, 0.2) is 5.96 Å². The molecule has 25 heavy (non-hydrogen) atoms. The van der Waals surface area contributed by atoms with E-state index in [2.05, 4.69) is 17.1 Å². The van der Waals surface area contributed by atoms with Gasteiger partial charge >= 0.3 is 0 Å². The lowest BCUT2D eigenvalue weighted by atomic mass is 9.85. The van der Waals surface area contributed by atoms with Crippen molar-refractivity contribution in [2.45, 2.75) is 51.0 Å². The van der Waals surface area contributed by atoms with E-state index in [0.29, 0.717) is 25.7 Å². The second kappa shape index (κ2) is 12.3. The number of hydrogen-bond acceptors (Lipinski definition) is 4. The number of guanidine groups is 1. The first-order valence-corrected chi connectivity index (χ1v) is 9.49. The number of nitrogens with zero attached hydrogens (tertiary/aromatic N) is 2. The molecule has 0 spiro atoms. The molecular weight excluding hydrogens is 433 g/mol. The molecule has 2 rings (SSSR count). The van der Waals surface area contributed by atoms with Crippen LogP contribution >= 0.6 is 24.0 Å². The molecule has 1 aliphatic carbocycles. The van der Waals surface area contributed by atoms with Gasteiger partial charge in [-0.3, -0.25) is 4.99 Å². The van der Waals surface area contributed by atoms with Crippen LogP contribution in [0.5, 0.6) is 0 Å². The van der Waals surface area contributed by atoms with E-state index in [1.54, 1.807) is 7.11 Å². The third kappa shape index (κ3) is 7.97. The molecule has 0 aromatic heterocycles. The van der Waals surface area contributed by atoms with Crippen LogP contribution in [0.25, 0.3) is 0 Å². The molecule has 2 aliphatic rings. The minimum Gasteiger partial charge on any atom is -0.388 e. The maximum absolute atomic E-state index is 10.7. The van der Waals surface area contributed by atoms with E-state index in [0.717, 1.165) is 64.3 Å². The average molecular weight is 469 g/mol. The number of methoxy groups -OCH3 is 1. The van der Waals surface area contributed by atoms with E-state index in [1.807, 2.05) is 0 Å². The zero-order chi connectivity index (χ0) is 17.3. The van der Waals surface area contributed by atoms with E-state index in [1.165, 1.54) is 6.42 Å². The van der Waals surface area contributed by atoms with Gasteiger partial charge in [0.1, 0.15) is 0 Å². The summed E-state index contributed by atoms with van der Waals surface area (Å²) >= 11 is 0. The summed E-state index contributed by atoms with van der Waals surface area (Å²) in [6.45, 7) is 7.52. The molecule has 6 nitrogen and oxygen atoms in total. The molecule has 2 fully saturated rings. The molecule has 0 bridgehead atoms. The fourth-order valence-electron chi connectivity index (χ4n) is 3.57. The Bertz CT molecular complexity index is 390. The van der Waals surface area contributed by atoms with Crippen molar-refractivity contribution in [1.82, 2.24) is 10.2 Å². The molecule has 0 radical (unpaired) electrons. The van der Waals surface area contributed by atoms with Crippen molar-refractivity contribution in [3.8, 4) is 0 Å². The number of rotatable bonds is 8. The van der Waals surface area contributed by atoms with Gasteiger partial charge in [-0.25, -0.2) is 0 Å². The topological polar surface area (TPSA) is 66.3 Å². The summed E-state index contributed by atoms with van der Waals surface area (Å²) in [6, 6.07) is 0. The monoisotopic (exact) mass is 469 g/mol. The summed E-state index contributed by atoms with van der Waals surface area (Å²) in [5.41, 5.74) is -0.596. The molecule has 7 heteroatoms. The van der Waals surface area contributed by atoms with Gasteiger partial charge < -0.3 is 24.8 Å². The van der Waals surface area contributed by atoms with Crippen LogP contribution in [0.1, 0.15) is 45.4 Å². The van der Waals surface area contributed by atoms with E-state index in [4.69, 9.17) is 14.5 Å². The molecule has 2 N–H and O–H groups in total. The van der Waals surface area contributed by atoms with Crippen molar-refractivity contribution in [3.63, 3.8) is 0 Å². The summed E-state index contributed by atoms with van der Waals surface area (Å²) in [5.74, 6) is 1.49. The Hall–Kier alpha value is -0.120. The fourth-order valence-corrected chi connectivity index (χ4v) is 3.57. The summed E-state index contributed by atoms with van der Waals surface area (Å²) < 4.78 is 10.7. The quantitative estimate of drug-likeness (QED) is 0.247. The molecule has 1 saturated heterocycles. The first-order chi connectivity index (χ1) is 11.7. The molecule has 1 unspecified atom stereocenters. The van der Waals surface area contributed by atoms with Crippen LogP contribution in [-0.2, 0) is 9.47 Å². The normalized spacial score (nSPS) is 23.4. The number of nitrogens with one attached hydrogen (secondary N) is 1. The molecule has 148 valence electrons. The minimum absolute atomic E-state index is 0. The zero-order valence-corrected chi connectivity index (χ0v) is 18.2. The highest BCUT2D eigenvalue weighted by Gasteiger charge is 2.30. The Labute approximate surface area is 169 Å². The third-order valence-electron chi connectivity index (χ3n) is 5.01. The van der Waals surface area contributed by atoms with E-state index >= 15 is 0 Å². The van der Waals surface area contributed by atoms with Gasteiger partial charge in [0.25, 0.3) is 0 Å². The first-order valence-electron chi connectivity index (χ1n) is 9.49. The number of likely N-dealkylation sites (tertiary alicyclic amines) is 1. The smallest absolute Gasteiger partial charge is 0.194 e. The lowest BCUT2D eigenvalue weighted by Crippen LogP contribution is -2.42. The Morgan fingerprint density at radius 2 is 2.04 bits per heavy atom.